The second kappa shape index (κ2) is 7.49. The van der Waals surface area contributed by atoms with Gasteiger partial charge in [0.05, 0.1) is 11.2 Å². The lowest BCUT2D eigenvalue weighted by atomic mass is 10.3. The molecule has 14 heavy (non-hydrogen) atoms. The minimum Gasteiger partial charge on any atom is -0.462 e. The van der Waals surface area contributed by atoms with E-state index in [1.165, 1.54) is 0 Å². The number of esters is 1. The maximum absolute atomic E-state index is 11.8. The van der Waals surface area contributed by atoms with E-state index in [1.807, 2.05) is 0 Å². The summed E-state index contributed by atoms with van der Waals surface area (Å²) in [6.07, 6.45) is 0.854. The predicted molar refractivity (Wildman–Crippen MR) is 55.3 cm³/mol. The lowest BCUT2D eigenvalue weighted by molar-refractivity contribution is -0.137. The van der Waals surface area contributed by atoms with Crippen LogP contribution in [0.5, 0.6) is 0 Å². The zero-order chi connectivity index (χ0) is 11.0. The van der Waals surface area contributed by atoms with Crippen molar-refractivity contribution >= 4 is 28.1 Å². The van der Waals surface area contributed by atoms with Crippen LogP contribution < -0.4 is 5.32 Å². The number of rotatable bonds is 6. The molecule has 0 atom stereocenters. The molecule has 0 aromatic carbocycles. The number of ether oxygens (including phenoxy) is 1. The third-order valence-electron chi connectivity index (χ3n) is 1.25. The van der Waals surface area contributed by atoms with Crippen molar-refractivity contribution in [1.29, 1.82) is 5.41 Å². The Kier molecular flexibility index (Phi) is 7.00. The molecule has 0 fully saturated rings. The quantitative estimate of drug-likeness (QED) is 0.330. The number of hydrogen-bond acceptors (Lipinski definition) is 4. The maximum Gasteiger partial charge on any atom is 0.342 e. The van der Waals surface area contributed by atoms with Gasteiger partial charge in [0.15, 0.2) is 0 Å². The standard InChI is InChI=1S/C8H12BrFN2O2/c1-2-14-8(13)6(5-11)7(9)12-4-3-10/h5,11-12H,2-4H2,1H3/b7-6+,11-5?. The summed E-state index contributed by atoms with van der Waals surface area (Å²) in [5.41, 5.74) is 0.0419. The summed E-state index contributed by atoms with van der Waals surface area (Å²) in [5, 5.41) is 9.58. The van der Waals surface area contributed by atoms with Crippen LogP contribution in [0.2, 0.25) is 0 Å². The minimum absolute atomic E-state index is 0.0419. The minimum atomic E-state index is -0.610. The highest BCUT2D eigenvalue weighted by Gasteiger charge is 2.12. The van der Waals surface area contributed by atoms with E-state index in [0.29, 0.717) is 0 Å². The molecule has 0 rings (SSSR count). The molecule has 0 aromatic rings. The molecule has 0 bridgehead atoms. The average molecular weight is 267 g/mol. The van der Waals surface area contributed by atoms with E-state index >= 15 is 0 Å². The molecule has 2 N–H and O–H groups in total. The van der Waals surface area contributed by atoms with Crippen LogP contribution in [0.3, 0.4) is 0 Å². The fourth-order valence-electron chi connectivity index (χ4n) is 0.673. The molecule has 0 radical (unpaired) electrons. The van der Waals surface area contributed by atoms with Gasteiger partial charge in [-0.05, 0) is 22.9 Å². The third-order valence-corrected chi connectivity index (χ3v) is 1.96. The van der Waals surface area contributed by atoms with Crippen molar-refractivity contribution in [3.8, 4) is 0 Å². The van der Waals surface area contributed by atoms with Gasteiger partial charge in [0.2, 0.25) is 0 Å². The van der Waals surface area contributed by atoms with E-state index in [0.717, 1.165) is 6.21 Å². The lowest BCUT2D eigenvalue weighted by Crippen LogP contribution is -2.19. The topological polar surface area (TPSA) is 62.2 Å². The summed E-state index contributed by atoms with van der Waals surface area (Å²) < 4.78 is 16.7. The van der Waals surface area contributed by atoms with Crippen LogP contribution in [0, 0.1) is 5.41 Å². The van der Waals surface area contributed by atoms with Crippen molar-refractivity contribution in [3.63, 3.8) is 0 Å². The monoisotopic (exact) mass is 266 g/mol. The molecular formula is C8H12BrFN2O2. The first-order chi connectivity index (χ1) is 6.67. The van der Waals surface area contributed by atoms with E-state index in [2.05, 4.69) is 26.0 Å². The van der Waals surface area contributed by atoms with E-state index in [-0.39, 0.29) is 23.3 Å². The first-order valence-electron chi connectivity index (χ1n) is 4.04. The summed E-state index contributed by atoms with van der Waals surface area (Å²) in [6, 6.07) is 0. The van der Waals surface area contributed by atoms with Crippen molar-refractivity contribution in [2.24, 2.45) is 0 Å². The molecular weight excluding hydrogens is 255 g/mol. The zero-order valence-corrected chi connectivity index (χ0v) is 9.36. The fraction of sp³-hybridized carbons (Fsp3) is 0.500. The van der Waals surface area contributed by atoms with Crippen molar-refractivity contribution in [2.45, 2.75) is 6.92 Å². The van der Waals surface area contributed by atoms with Crippen LogP contribution in [0.4, 0.5) is 4.39 Å². The van der Waals surface area contributed by atoms with E-state index in [4.69, 9.17) is 5.41 Å². The van der Waals surface area contributed by atoms with Crippen LogP contribution in [0.15, 0.2) is 10.2 Å². The molecule has 0 amide bonds. The van der Waals surface area contributed by atoms with Gasteiger partial charge in [-0.15, -0.1) is 0 Å². The Labute approximate surface area is 90.1 Å². The SMILES string of the molecule is CCOC(=O)/C(C=N)=C(\Br)NCCF. The highest BCUT2D eigenvalue weighted by molar-refractivity contribution is 9.11. The molecule has 0 aromatic heterocycles. The van der Waals surface area contributed by atoms with Crippen LogP contribution in [-0.4, -0.2) is 32.0 Å². The number of carbonyl (C=O) groups excluding carboxylic acids is 1. The largest absolute Gasteiger partial charge is 0.462 e. The van der Waals surface area contributed by atoms with Gasteiger partial charge in [-0.25, -0.2) is 9.18 Å². The lowest BCUT2D eigenvalue weighted by Gasteiger charge is -2.06. The molecule has 0 heterocycles. The number of halogens is 2. The van der Waals surface area contributed by atoms with Gasteiger partial charge < -0.3 is 15.5 Å². The van der Waals surface area contributed by atoms with Gasteiger partial charge in [-0.1, -0.05) is 0 Å². The van der Waals surface area contributed by atoms with Crippen LogP contribution in [0.25, 0.3) is 0 Å². The van der Waals surface area contributed by atoms with Crippen molar-refractivity contribution < 1.29 is 13.9 Å². The average Bonchev–Trinajstić information content (AvgIpc) is 2.16. The van der Waals surface area contributed by atoms with E-state index < -0.39 is 12.6 Å². The Morgan fingerprint density at radius 3 is 2.79 bits per heavy atom. The highest BCUT2D eigenvalue weighted by Crippen LogP contribution is 2.08. The van der Waals surface area contributed by atoms with Gasteiger partial charge in [-0.3, -0.25) is 0 Å². The molecule has 0 unspecified atom stereocenters. The third kappa shape index (κ3) is 4.36. The Morgan fingerprint density at radius 2 is 2.36 bits per heavy atom. The van der Waals surface area contributed by atoms with Crippen molar-refractivity contribution in [2.75, 3.05) is 19.8 Å². The molecule has 0 saturated carbocycles. The summed E-state index contributed by atoms with van der Waals surface area (Å²) >= 11 is 3.03. The predicted octanol–water partition coefficient (Wildman–Crippen LogP) is 1.36. The zero-order valence-electron chi connectivity index (χ0n) is 7.77. The molecule has 6 heteroatoms. The maximum atomic E-state index is 11.8. The van der Waals surface area contributed by atoms with Gasteiger partial charge in [0.25, 0.3) is 0 Å². The van der Waals surface area contributed by atoms with Crippen LogP contribution in [0.1, 0.15) is 6.92 Å². The smallest absolute Gasteiger partial charge is 0.342 e. The second-order valence-corrected chi connectivity index (χ2v) is 3.00. The Bertz CT molecular complexity index is 243. The van der Waals surface area contributed by atoms with Gasteiger partial charge >= 0.3 is 5.97 Å². The Morgan fingerprint density at radius 1 is 1.71 bits per heavy atom. The summed E-state index contributed by atoms with van der Waals surface area (Å²) in [5.74, 6) is -0.610. The molecule has 0 aliphatic carbocycles. The van der Waals surface area contributed by atoms with Crippen molar-refractivity contribution in [1.82, 2.24) is 5.32 Å². The second-order valence-electron chi connectivity index (χ2n) is 2.21. The van der Waals surface area contributed by atoms with Crippen LogP contribution in [-0.2, 0) is 9.53 Å². The summed E-state index contributed by atoms with van der Waals surface area (Å²) in [6.45, 7) is 1.43. The molecule has 80 valence electrons. The Balaban J connectivity index is 4.48. The van der Waals surface area contributed by atoms with Gasteiger partial charge in [-0.2, -0.15) is 0 Å². The number of hydrogen-bond donors (Lipinski definition) is 2. The summed E-state index contributed by atoms with van der Waals surface area (Å²) in [7, 11) is 0. The first kappa shape index (κ1) is 13.1. The molecule has 4 nitrogen and oxygen atoms in total. The summed E-state index contributed by atoms with van der Waals surface area (Å²) in [4.78, 5) is 11.2. The van der Waals surface area contributed by atoms with Gasteiger partial charge in [0.1, 0.15) is 12.2 Å². The number of carbonyl (C=O) groups is 1. The highest BCUT2D eigenvalue weighted by atomic mass is 79.9. The van der Waals surface area contributed by atoms with Crippen molar-refractivity contribution in [3.05, 3.63) is 10.2 Å². The molecule has 0 aliphatic heterocycles. The normalized spacial score (nSPS) is 11.6. The number of nitrogens with one attached hydrogen (secondary N) is 2. The van der Waals surface area contributed by atoms with Crippen LogP contribution >= 0.6 is 15.9 Å². The fourth-order valence-corrected chi connectivity index (χ4v) is 1.15. The van der Waals surface area contributed by atoms with E-state index in [9.17, 15) is 9.18 Å². The van der Waals surface area contributed by atoms with Gasteiger partial charge in [0, 0.05) is 12.8 Å². The molecule has 0 aliphatic rings. The molecule has 0 spiro atoms. The number of alkyl halides is 1. The molecule has 0 saturated heterocycles. The Hall–Kier alpha value is -0.910. The van der Waals surface area contributed by atoms with E-state index in [1.54, 1.807) is 6.92 Å². The first-order valence-corrected chi connectivity index (χ1v) is 4.83.